The van der Waals surface area contributed by atoms with Crippen LogP contribution in [-0.2, 0) is 27.2 Å². The third kappa shape index (κ3) is 2.54. The van der Waals surface area contributed by atoms with Crippen LogP contribution in [0.2, 0.25) is 0 Å². The number of aliphatic hydroxyl groups is 4. The van der Waals surface area contributed by atoms with Crippen molar-refractivity contribution >= 4 is 5.97 Å². The summed E-state index contributed by atoms with van der Waals surface area (Å²) in [6.45, 7) is 0. The fourth-order valence-corrected chi connectivity index (χ4v) is 1.44. The Labute approximate surface area is 95.7 Å². The van der Waals surface area contributed by atoms with Crippen molar-refractivity contribution in [1.82, 2.24) is 0 Å². The smallest absolute Gasteiger partial charge is 0.547 e. The molecule has 1 saturated carbocycles. The maximum Gasteiger partial charge on any atom is 1.00 e. The van der Waals surface area contributed by atoms with Gasteiger partial charge in [0.1, 0.15) is 11.7 Å². The Hall–Kier alpha value is 0.0503. The van der Waals surface area contributed by atoms with Gasteiger partial charge in [0, 0.05) is 12.8 Å². The molecule has 0 unspecified atom stereocenters. The van der Waals surface area contributed by atoms with Crippen LogP contribution in [-0.4, -0.2) is 50.3 Å². The van der Waals surface area contributed by atoms with Crippen molar-refractivity contribution in [2.75, 3.05) is 0 Å². The Morgan fingerprint density at radius 3 is 1.86 bits per heavy atom. The summed E-state index contributed by atoms with van der Waals surface area (Å²) in [6.07, 6.45) is -5.39. The SMILES string of the molecule is O=C([O-])C1(O)C[C@@H](O)C(O)[C@H](O)C1.[Ag+]. The first-order valence-electron chi connectivity index (χ1n) is 3.85. The van der Waals surface area contributed by atoms with Crippen molar-refractivity contribution in [2.45, 2.75) is 36.8 Å². The van der Waals surface area contributed by atoms with Gasteiger partial charge in [-0.25, -0.2) is 0 Å². The van der Waals surface area contributed by atoms with Gasteiger partial charge in [-0.2, -0.15) is 0 Å². The van der Waals surface area contributed by atoms with Crippen molar-refractivity contribution in [3.05, 3.63) is 0 Å². The molecule has 6 nitrogen and oxygen atoms in total. The molecule has 1 rings (SSSR count). The Bertz CT molecular complexity index is 208. The maximum absolute atomic E-state index is 10.4. The van der Waals surface area contributed by atoms with Crippen molar-refractivity contribution in [3.63, 3.8) is 0 Å². The Balaban J connectivity index is 0.00000169. The Morgan fingerprint density at radius 1 is 1.21 bits per heavy atom. The molecule has 0 spiro atoms. The van der Waals surface area contributed by atoms with E-state index in [1.54, 1.807) is 0 Å². The van der Waals surface area contributed by atoms with Crippen LogP contribution in [0.5, 0.6) is 0 Å². The van der Waals surface area contributed by atoms with E-state index in [9.17, 15) is 15.0 Å². The third-order valence-corrected chi connectivity index (χ3v) is 2.26. The molecule has 0 radical (unpaired) electrons. The van der Waals surface area contributed by atoms with Crippen LogP contribution in [0.1, 0.15) is 12.8 Å². The number of aliphatic carboxylic acids is 1. The number of carboxylic acids is 1. The maximum atomic E-state index is 10.4. The molecule has 0 aromatic rings. The second-order valence-corrected chi connectivity index (χ2v) is 3.35. The van der Waals surface area contributed by atoms with Crippen LogP contribution in [0, 0.1) is 0 Å². The summed E-state index contributed by atoms with van der Waals surface area (Å²) in [6, 6.07) is 0. The summed E-state index contributed by atoms with van der Waals surface area (Å²) in [5.41, 5.74) is -2.25. The van der Waals surface area contributed by atoms with Crippen LogP contribution in [0.25, 0.3) is 0 Å². The number of hydrogen-bond donors (Lipinski definition) is 4. The van der Waals surface area contributed by atoms with E-state index in [0.29, 0.717) is 0 Å². The van der Waals surface area contributed by atoms with Crippen LogP contribution >= 0.6 is 0 Å². The molecule has 1 aliphatic carbocycles. The van der Waals surface area contributed by atoms with Gasteiger partial charge in [-0.1, -0.05) is 0 Å². The number of carbonyl (C=O) groups excluding carboxylic acids is 1. The van der Waals surface area contributed by atoms with Crippen LogP contribution in [0.4, 0.5) is 0 Å². The zero-order valence-electron chi connectivity index (χ0n) is 7.05. The van der Waals surface area contributed by atoms with Gasteiger partial charge in [-0.05, 0) is 0 Å². The van der Waals surface area contributed by atoms with Crippen LogP contribution < -0.4 is 5.11 Å². The van der Waals surface area contributed by atoms with E-state index in [2.05, 4.69) is 0 Å². The number of carboxylic acid groups (broad SMARTS) is 1. The van der Waals surface area contributed by atoms with E-state index in [4.69, 9.17) is 15.3 Å². The average Bonchev–Trinajstić information content (AvgIpc) is 2.00. The fourth-order valence-electron chi connectivity index (χ4n) is 1.44. The average molecular weight is 299 g/mol. The first-order chi connectivity index (χ1) is 5.87. The van der Waals surface area contributed by atoms with E-state index in [1.807, 2.05) is 0 Å². The van der Waals surface area contributed by atoms with E-state index >= 15 is 0 Å². The number of rotatable bonds is 1. The second kappa shape index (κ2) is 4.71. The quantitative estimate of drug-likeness (QED) is 0.370. The zero-order valence-corrected chi connectivity index (χ0v) is 8.54. The zero-order chi connectivity index (χ0) is 10.2. The van der Waals surface area contributed by atoms with E-state index in [1.165, 1.54) is 0 Å². The van der Waals surface area contributed by atoms with Crippen LogP contribution in [0.3, 0.4) is 0 Å². The van der Waals surface area contributed by atoms with Gasteiger partial charge in [-0.3, -0.25) is 0 Å². The molecule has 1 fully saturated rings. The number of aliphatic hydroxyl groups excluding tert-OH is 3. The molecular formula is C7H11AgO6. The summed E-state index contributed by atoms with van der Waals surface area (Å²) in [4.78, 5) is 10.4. The molecule has 14 heavy (non-hydrogen) atoms. The fraction of sp³-hybridized carbons (Fsp3) is 0.857. The molecule has 0 aromatic heterocycles. The van der Waals surface area contributed by atoms with Gasteiger partial charge in [-0.15, -0.1) is 0 Å². The van der Waals surface area contributed by atoms with Gasteiger partial charge >= 0.3 is 22.4 Å². The first kappa shape index (κ1) is 14.1. The molecule has 0 bridgehead atoms. The standard InChI is InChI=1S/C7H12O6.Ag/c8-3-1-7(13,6(11)12)2-4(9)5(3)10;/h3-5,8-10,13H,1-2H2,(H,11,12);/q;+1/p-1/t3-,4-,5?,7?;/m1./s1. The molecule has 7 heteroatoms. The summed E-state index contributed by atoms with van der Waals surface area (Å²) in [5.74, 6) is -1.75. The minimum absolute atomic E-state index is 0. The Morgan fingerprint density at radius 2 is 1.57 bits per heavy atom. The van der Waals surface area contributed by atoms with Gasteiger partial charge in [0.05, 0.1) is 18.2 Å². The van der Waals surface area contributed by atoms with Gasteiger partial charge < -0.3 is 30.3 Å². The molecule has 2 atom stereocenters. The van der Waals surface area contributed by atoms with E-state index in [-0.39, 0.29) is 22.4 Å². The van der Waals surface area contributed by atoms with Crippen molar-refractivity contribution < 1.29 is 52.7 Å². The third-order valence-electron chi connectivity index (χ3n) is 2.26. The van der Waals surface area contributed by atoms with Crippen molar-refractivity contribution in [1.29, 1.82) is 0 Å². The van der Waals surface area contributed by atoms with Gasteiger partial charge in [0.15, 0.2) is 0 Å². The van der Waals surface area contributed by atoms with E-state index in [0.717, 1.165) is 0 Å². The van der Waals surface area contributed by atoms with E-state index < -0.39 is 42.7 Å². The summed E-state index contributed by atoms with van der Waals surface area (Å²) >= 11 is 0. The first-order valence-corrected chi connectivity index (χ1v) is 3.85. The predicted molar refractivity (Wildman–Crippen MR) is 37.2 cm³/mol. The van der Waals surface area contributed by atoms with Crippen molar-refractivity contribution in [3.8, 4) is 0 Å². The molecule has 0 saturated heterocycles. The van der Waals surface area contributed by atoms with Gasteiger partial charge in [0.2, 0.25) is 0 Å². The topological polar surface area (TPSA) is 121 Å². The molecule has 0 amide bonds. The van der Waals surface area contributed by atoms with Gasteiger partial charge in [0.25, 0.3) is 0 Å². The predicted octanol–water partition coefficient (Wildman–Crippen LogP) is -3.66. The molecular weight excluding hydrogens is 288 g/mol. The number of hydrogen-bond acceptors (Lipinski definition) is 6. The summed E-state index contributed by atoms with van der Waals surface area (Å²) < 4.78 is 0. The summed E-state index contributed by atoms with van der Waals surface area (Å²) in [7, 11) is 0. The molecule has 0 aromatic carbocycles. The molecule has 0 heterocycles. The molecule has 1 aliphatic rings. The Kier molecular flexibility index (Phi) is 4.73. The molecule has 86 valence electrons. The monoisotopic (exact) mass is 298 g/mol. The largest absolute Gasteiger partial charge is 1.00 e. The minimum Gasteiger partial charge on any atom is -0.547 e. The van der Waals surface area contributed by atoms with Crippen LogP contribution in [0.15, 0.2) is 0 Å². The van der Waals surface area contributed by atoms with Crippen molar-refractivity contribution in [2.24, 2.45) is 0 Å². The second-order valence-electron chi connectivity index (χ2n) is 3.35. The molecule has 0 aliphatic heterocycles. The molecule has 4 N–H and O–H groups in total. The number of carbonyl (C=O) groups is 1. The summed E-state index contributed by atoms with van der Waals surface area (Å²) in [5, 5.41) is 46.9. The normalized spacial score (nSPS) is 42.7. The minimum atomic E-state index is -2.25.